The Bertz CT molecular complexity index is 255. The second kappa shape index (κ2) is 6.36. The molecule has 17 heavy (non-hydrogen) atoms. The van der Waals surface area contributed by atoms with Crippen LogP contribution in [-0.2, 0) is 4.79 Å². The van der Waals surface area contributed by atoms with Crippen LogP contribution < -0.4 is 11.1 Å². The number of rotatable bonds is 4. The van der Waals surface area contributed by atoms with Gasteiger partial charge >= 0.3 is 0 Å². The average molecular weight is 241 g/mol. The molecule has 0 heterocycles. The minimum Gasteiger partial charge on any atom is -0.352 e. The maximum atomic E-state index is 12.1. The van der Waals surface area contributed by atoms with Gasteiger partial charge in [0.15, 0.2) is 0 Å². The molecule has 1 aliphatic rings. The molecule has 1 rings (SSSR count). The quantitative estimate of drug-likeness (QED) is 0.766. The van der Waals surface area contributed by atoms with Gasteiger partial charge in [-0.1, -0.05) is 13.3 Å². The van der Waals surface area contributed by atoms with Crippen LogP contribution >= 0.6 is 0 Å². The molecule has 0 bridgehead atoms. The molecule has 0 aromatic carbocycles. The highest BCUT2D eigenvalue weighted by Gasteiger charge is 2.33. The van der Waals surface area contributed by atoms with E-state index in [1.165, 1.54) is 0 Å². The molecule has 0 aliphatic heterocycles. The maximum absolute atomic E-state index is 12.1. The number of nitrogens with one attached hydrogen (secondary N) is 1. The van der Waals surface area contributed by atoms with Crippen molar-refractivity contribution in [3.8, 4) is 0 Å². The lowest BCUT2D eigenvalue weighted by atomic mass is 9.78. The van der Waals surface area contributed by atoms with Crippen molar-refractivity contribution in [3.63, 3.8) is 0 Å². The van der Waals surface area contributed by atoms with Gasteiger partial charge in [-0.25, -0.2) is 0 Å². The summed E-state index contributed by atoms with van der Waals surface area (Å²) >= 11 is 0. The Hall–Kier alpha value is -0.610. The van der Waals surface area contributed by atoms with E-state index in [9.17, 15) is 4.79 Å². The summed E-state index contributed by atoms with van der Waals surface area (Å²) in [6.07, 6.45) is 3.21. The van der Waals surface area contributed by atoms with Gasteiger partial charge in [-0.15, -0.1) is 0 Å². The van der Waals surface area contributed by atoms with E-state index >= 15 is 0 Å². The molecule has 1 amide bonds. The predicted octanol–water partition coefficient (Wildman–Crippen LogP) is 0.816. The Morgan fingerprint density at radius 2 is 2.12 bits per heavy atom. The van der Waals surface area contributed by atoms with Crippen LogP contribution in [0.15, 0.2) is 0 Å². The van der Waals surface area contributed by atoms with Gasteiger partial charge < -0.3 is 16.0 Å². The highest BCUT2D eigenvalue weighted by molar-refractivity contribution is 5.79. The fourth-order valence-corrected chi connectivity index (χ4v) is 2.69. The minimum absolute atomic E-state index is 0.00311. The number of nitrogens with zero attached hydrogens (tertiary/aromatic N) is 1. The largest absolute Gasteiger partial charge is 0.352 e. The van der Waals surface area contributed by atoms with Crippen molar-refractivity contribution < 1.29 is 4.79 Å². The Morgan fingerprint density at radius 3 is 2.71 bits per heavy atom. The lowest BCUT2D eigenvalue weighted by molar-refractivity contribution is -0.127. The second-order valence-electron chi connectivity index (χ2n) is 5.76. The number of likely N-dealkylation sites (N-methyl/N-ethyl adjacent to an activating group) is 1. The zero-order chi connectivity index (χ0) is 13.0. The topological polar surface area (TPSA) is 58.4 Å². The fraction of sp³-hybridized carbons (Fsp3) is 0.923. The molecular formula is C13H27N3O. The van der Waals surface area contributed by atoms with E-state index < -0.39 is 0 Å². The van der Waals surface area contributed by atoms with Crippen LogP contribution in [0.2, 0.25) is 0 Å². The molecule has 0 spiro atoms. The van der Waals surface area contributed by atoms with E-state index in [1.54, 1.807) is 0 Å². The molecule has 0 aromatic heterocycles. The standard InChI is InChI=1S/C13H27N3O/c1-9-6-5-7-11(12(9)14)13(17)15-10(2)8-16(3)4/h9-12H,5-8,14H2,1-4H3,(H,15,17). The number of carbonyl (C=O) groups is 1. The normalized spacial score (nSPS) is 31.3. The van der Waals surface area contributed by atoms with Crippen molar-refractivity contribution in [2.24, 2.45) is 17.6 Å². The fourth-order valence-electron chi connectivity index (χ4n) is 2.69. The lowest BCUT2D eigenvalue weighted by Gasteiger charge is -2.33. The van der Waals surface area contributed by atoms with Crippen LogP contribution in [0.1, 0.15) is 33.1 Å². The van der Waals surface area contributed by atoms with Crippen molar-refractivity contribution in [3.05, 3.63) is 0 Å². The van der Waals surface area contributed by atoms with Gasteiger partial charge in [0.2, 0.25) is 5.91 Å². The van der Waals surface area contributed by atoms with Gasteiger partial charge in [-0.2, -0.15) is 0 Å². The molecular weight excluding hydrogens is 214 g/mol. The van der Waals surface area contributed by atoms with Crippen molar-refractivity contribution in [2.75, 3.05) is 20.6 Å². The van der Waals surface area contributed by atoms with Crippen molar-refractivity contribution in [1.82, 2.24) is 10.2 Å². The number of carbonyl (C=O) groups excluding carboxylic acids is 1. The van der Waals surface area contributed by atoms with E-state index in [4.69, 9.17) is 5.73 Å². The Morgan fingerprint density at radius 1 is 1.47 bits per heavy atom. The minimum atomic E-state index is 0.00311. The number of hydrogen-bond acceptors (Lipinski definition) is 3. The molecule has 3 N–H and O–H groups in total. The zero-order valence-electron chi connectivity index (χ0n) is 11.6. The first-order valence-corrected chi connectivity index (χ1v) is 6.62. The van der Waals surface area contributed by atoms with E-state index in [2.05, 4.69) is 17.1 Å². The summed E-state index contributed by atoms with van der Waals surface area (Å²) < 4.78 is 0. The summed E-state index contributed by atoms with van der Waals surface area (Å²) in [5.74, 6) is 0.602. The molecule has 4 atom stereocenters. The van der Waals surface area contributed by atoms with E-state index in [0.717, 1.165) is 25.8 Å². The summed E-state index contributed by atoms with van der Waals surface area (Å²) in [5, 5.41) is 3.07. The third-order valence-corrected chi connectivity index (χ3v) is 3.66. The average Bonchev–Trinajstić information content (AvgIpc) is 2.20. The smallest absolute Gasteiger partial charge is 0.224 e. The van der Waals surface area contributed by atoms with Gasteiger partial charge in [-0.05, 0) is 39.8 Å². The van der Waals surface area contributed by atoms with Crippen molar-refractivity contribution in [2.45, 2.75) is 45.2 Å². The Balaban J connectivity index is 2.46. The summed E-state index contributed by atoms with van der Waals surface area (Å²) in [7, 11) is 4.02. The molecule has 1 saturated carbocycles. The van der Waals surface area contributed by atoms with Gasteiger partial charge in [0, 0.05) is 18.6 Å². The third-order valence-electron chi connectivity index (χ3n) is 3.66. The van der Waals surface area contributed by atoms with Crippen LogP contribution in [0.25, 0.3) is 0 Å². The van der Waals surface area contributed by atoms with Gasteiger partial charge in [0.25, 0.3) is 0 Å². The first-order valence-electron chi connectivity index (χ1n) is 6.62. The highest BCUT2D eigenvalue weighted by Crippen LogP contribution is 2.27. The SMILES string of the molecule is CC(CN(C)C)NC(=O)C1CCCC(C)C1N. The zero-order valence-corrected chi connectivity index (χ0v) is 11.6. The predicted molar refractivity (Wildman–Crippen MR) is 70.6 cm³/mol. The lowest BCUT2D eigenvalue weighted by Crippen LogP contribution is -2.50. The first-order chi connectivity index (χ1) is 7.91. The maximum Gasteiger partial charge on any atom is 0.224 e. The monoisotopic (exact) mass is 241 g/mol. The molecule has 1 fully saturated rings. The van der Waals surface area contributed by atoms with Crippen molar-refractivity contribution >= 4 is 5.91 Å². The van der Waals surface area contributed by atoms with Crippen LogP contribution in [0.3, 0.4) is 0 Å². The van der Waals surface area contributed by atoms with E-state index in [-0.39, 0.29) is 23.9 Å². The highest BCUT2D eigenvalue weighted by atomic mass is 16.2. The molecule has 4 unspecified atom stereocenters. The molecule has 100 valence electrons. The van der Waals surface area contributed by atoms with E-state index in [0.29, 0.717) is 5.92 Å². The molecule has 4 nitrogen and oxygen atoms in total. The molecule has 0 radical (unpaired) electrons. The Kier molecular flexibility index (Phi) is 5.40. The van der Waals surface area contributed by atoms with Crippen LogP contribution in [0, 0.1) is 11.8 Å². The Labute approximate surface area is 105 Å². The van der Waals surface area contributed by atoms with Gasteiger partial charge in [0.05, 0.1) is 5.92 Å². The number of nitrogens with two attached hydrogens (primary N) is 1. The summed E-state index contributed by atoms with van der Waals surface area (Å²) in [6, 6.07) is 0.206. The van der Waals surface area contributed by atoms with Gasteiger partial charge in [-0.3, -0.25) is 4.79 Å². The first kappa shape index (κ1) is 14.5. The summed E-state index contributed by atoms with van der Waals surface area (Å²) in [5.41, 5.74) is 6.13. The van der Waals surface area contributed by atoms with Crippen molar-refractivity contribution in [1.29, 1.82) is 0 Å². The molecule has 0 saturated heterocycles. The number of hydrogen-bond donors (Lipinski definition) is 2. The van der Waals surface area contributed by atoms with Crippen LogP contribution in [0.5, 0.6) is 0 Å². The van der Waals surface area contributed by atoms with Gasteiger partial charge in [0.1, 0.15) is 0 Å². The second-order valence-corrected chi connectivity index (χ2v) is 5.76. The van der Waals surface area contributed by atoms with Crippen LogP contribution in [-0.4, -0.2) is 43.5 Å². The number of amides is 1. The molecule has 0 aromatic rings. The summed E-state index contributed by atoms with van der Waals surface area (Å²) in [6.45, 7) is 5.05. The van der Waals surface area contributed by atoms with E-state index in [1.807, 2.05) is 21.0 Å². The third kappa shape index (κ3) is 4.28. The molecule has 4 heteroatoms. The van der Waals surface area contributed by atoms with Crippen LogP contribution in [0.4, 0.5) is 0 Å². The summed E-state index contributed by atoms with van der Waals surface area (Å²) in [4.78, 5) is 14.2. The molecule has 1 aliphatic carbocycles.